The van der Waals surface area contributed by atoms with Crippen LogP contribution < -0.4 is 10.5 Å². The molecule has 0 aliphatic rings. The van der Waals surface area contributed by atoms with Crippen LogP contribution in [0.25, 0.3) is 0 Å². The average Bonchev–Trinajstić information content (AvgIpc) is 2.73. The van der Waals surface area contributed by atoms with Crippen molar-refractivity contribution in [3.8, 4) is 0 Å². The number of hydrogen-bond donors (Lipinski definition) is 2. The third kappa shape index (κ3) is 3.25. The summed E-state index contributed by atoms with van der Waals surface area (Å²) in [6.07, 6.45) is 1.56. The summed E-state index contributed by atoms with van der Waals surface area (Å²) in [4.78, 5) is 4.28. The van der Waals surface area contributed by atoms with E-state index in [0.717, 1.165) is 0 Å². The van der Waals surface area contributed by atoms with Crippen LogP contribution in [-0.2, 0) is 10.0 Å². The molecule has 0 bridgehead atoms. The standard InChI is InChI=1S/C14H19N3O3S/c1-8-5-12(15)6-9(2)13(8)21(18,19)17-11(4)14-16-7-10(3)20-14/h5-7,11,17H,15H2,1-4H3. The van der Waals surface area contributed by atoms with Gasteiger partial charge in [-0.05, 0) is 51.0 Å². The van der Waals surface area contributed by atoms with Gasteiger partial charge in [-0.2, -0.15) is 4.72 Å². The maximum Gasteiger partial charge on any atom is 0.241 e. The van der Waals surface area contributed by atoms with Gasteiger partial charge in [0.2, 0.25) is 15.9 Å². The van der Waals surface area contributed by atoms with E-state index < -0.39 is 16.1 Å². The number of nitrogens with two attached hydrogens (primary N) is 1. The van der Waals surface area contributed by atoms with Crippen molar-refractivity contribution in [1.82, 2.24) is 9.71 Å². The number of hydrogen-bond acceptors (Lipinski definition) is 5. The highest BCUT2D eigenvalue weighted by atomic mass is 32.2. The van der Waals surface area contributed by atoms with Gasteiger partial charge >= 0.3 is 0 Å². The maximum absolute atomic E-state index is 12.6. The molecule has 1 atom stereocenters. The Morgan fingerprint density at radius 1 is 1.24 bits per heavy atom. The molecule has 0 radical (unpaired) electrons. The number of oxazole rings is 1. The fourth-order valence-electron chi connectivity index (χ4n) is 2.32. The van der Waals surface area contributed by atoms with Gasteiger partial charge in [0.05, 0.1) is 17.1 Å². The smallest absolute Gasteiger partial charge is 0.241 e. The number of aromatic nitrogens is 1. The molecule has 0 aliphatic carbocycles. The lowest BCUT2D eigenvalue weighted by Crippen LogP contribution is -2.28. The summed E-state index contributed by atoms with van der Waals surface area (Å²) in [5.41, 5.74) is 7.48. The monoisotopic (exact) mass is 309 g/mol. The molecule has 0 saturated carbocycles. The molecule has 1 unspecified atom stereocenters. The van der Waals surface area contributed by atoms with Gasteiger partial charge in [0.1, 0.15) is 5.76 Å². The Balaban J connectivity index is 2.35. The predicted octanol–water partition coefficient (Wildman–Crippen LogP) is 2.22. The molecule has 2 aromatic rings. The number of rotatable bonds is 4. The SMILES string of the molecule is Cc1cnc(C(C)NS(=O)(=O)c2c(C)cc(N)cc2C)o1. The van der Waals surface area contributed by atoms with Gasteiger partial charge in [-0.3, -0.25) is 0 Å². The molecule has 3 N–H and O–H groups in total. The van der Waals surface area contributed by atoms with E-state index in [2.05, 4.69) is 9.71 Å². The first kappa shape index (κ1) is 15.5. The van der Waals surface area contributed by atoms with Crippen molar-refractivity contribution in [1.29, 1.82) is 0 Å². The van der Waals surface area contributed by atoms with Crippen LogP contribution in [-0.4, -0.2) is 13.4 Å². The molecule has 2 rings (SSSR count). The minimum atomic E-state index is -3.68. The first-order valence-corrected chi connectivity index (χ1v) is 8.00. The molecule has 1 heterocycles. The lowest BCUT2D eigenvalue weighted by molar-refractivity contribution is 0.427. The molecular weight excluding hydrogens is 290 g/mol. The third-order valence-electron chi connectivity index (χ3n) is 3.09. The van der Waals surface area contributed by atoms with Crippen molar-refractivity contribution in [2.75, 3.05) is 5.73 Å². The number of nitrogens with one attached hydrogen (secondary N) is 1. The molecule has 7 heteroatoms. The van der Waals surface area contributed by atoms with Crippen LogP contribution in [0.5, 0.6) is 0 Å². The molecule has 1 aromatic heterocycles. The summed E-state index contributed by atoms with van der Waals surface area (Å²) in [5, 5.41) is 0. The Labute approximate surface area is 124 Å². The zero-order valence-electron chi connectivity index (χ0n) is 12.5. The van der Waals surface area contributed by atoms with Crippen molar-refractivity contribution < 1.29 is 12.8 Å². The second kappa shape index (κ2) is 5.50. The topological polar surface area (TPSA) is 98.2 Å². The lowest BCUT2D eigenvalue weighted by Gasteiger charge is -2.15. The number of aryl methyl sites for hydroxylation is 3. The van der Waals surface area contributed by atoms with Crippen molar-refractivity contribution in [2.24, 2.45) is 0 Å². The van der Waals surface area contributed by atoms with Gasteiger partial charge in [-0.1, -0.05) is 0 Å². The van der Waals surface area contributed by atoms with Crippen LogP contribution in [0.1, 0.15) is 35.7 Å². The number of nitrogen functional groups attached to an aromatic ring is 1. The first-order chi connectivity index (χ1) is 9.70. The highest BCUT2D eigenvalue weighted by molar-refractivity contribution is 7.89. The lowest BCUT2D eigenvalue weighted by atomic mass is 10.1. The summed E-state index contributed by atoms with van der Waals surface area (Å²) in [6.45, 7) is 6.88. The average molecular weight is 309 g/mol. The normalized spacial score (nSPS) is 13.3. The molecule has 0 fully saturated rings. The Bertz CT molecular complexity index is 743. The van der Waals surface area contributed by atoms with Crippen LogP contribution >= 0.6 is 0 Å². The summed E-state index contributed by atoms with van der Waals surface area (Å²) in [7, 11) is -3.68. The van der Waals surface area contributed by atoms with E-state index in [0.29, 0.717) is 28.5 Å². The van der Waals surface area contributed by atoms with Gasteiger partial charge in [-0.15, -0.1) is 0 Å². The van der Waals surface area contributed by atoms with Gasteiger partial charge in [-0.25, -0.2) is 13.4 Å². The minimum absolute atomic E-state index is 0.242. The number of anilines is 1. The number of benzene rings is 1. The Morgan fingerprint density at radius 3 is 2.29 bits per heavy atom. The quantitative estimate of drug-likeness (QED) is 0.844. The van der Waals surface area contributed by atoms with Gasteiger partial charge < -0.3 is 10.2 Å². The number of sulfonamides is 1. The van der Waals surface area contributed by atoms with Crippen LogP contribution in [0.15, 0.2) is 27.6 Å². The fourth-order valence-corrected chi connectivity index (χ4v) is 3.97. The molecule has 21 heavy (non-hydrogen) atoms. The zero-order chi connectivity index (χ0) is 15.8. The van der Waals surface area contributed by atoms with E-state index in [1.54, 1.807) is 46.0 Å². The van der Waals surface area contributed by atoms with Crippen molar-refractivity contribution in [2.45, 2.75) is 38.6 Å². The Morgan fingerprint density at radius 2 is 1.81 bits per heavy atom. The second-order valence-corrected chi connectivity index (χ2v) is 6.79. The molecule has 114 valence electrons. The van der Waals surface area contributed by atoms with Crippen LogP contribution in [0, 0.1) is 20.8 Å². The number of nitrogens with zero attached hydrogens (tertiary/aromatic N) is 1. The van der Waals surface area contributed by atoms with E-state index in [9.17, 15) is 8.42 Å². The van der Waals surface area contributed by atoms with E-state index >= 15 is 0 Å². The summed E-state index contributed by atoms with van der Waals surface area (Å²) < 4.78 is 33.0. The van der Waals surface area contributed by atoms with Crippen LogP contribution in [0.3, 0.4) is 0 Å². The molecule has 0 aliphatic heterocycles. The van der Waals surface area contributed by atoms with Gasteiger partial charge in [0.15, 0.2) is 0 Å². The summed E-state index contributed by atoms with van der Waals surface area (Å²) in [5.74, 6) is 0.970. The van der Waals surface area contributed by atoms with Gasteiger partial charge in [0.25, 0.3) is 0 Å². The largest absolute Gasteiger partial charge is 0.444 e. The molecule has 0 amide bonds. The molecule has 1 aromatic carbocycles. The first-order valence-electron chi connectivity index (χ1n) is 6.52. The van der Waals surface area contributed by atoms with Gasteiger partial charge in [0, 0.05) is 5.69 Å². The maximum atomic E-state index is 12.6. The predicted molar refractivity (Wildman–Crippen MR) is 80.3 cm³/mol. The van der Waals surface area contributed by atoms with Crippen molar-refractivity contribution in [3.05, 3.63) is 41.1 Å². The van der Waals surface area contributed by atoms with Crippen LogP contribution in [0.2, 0.25) is 0 Å². The van der Waals surface area contributed by atoms with E-state index in [-0.39, 0.29) is 4.90 Å². The van der Waals surface area contributed by atoms with E-state index in [1.807, 2.05) is 0 Å². The highest BCUT2D eigenvalue weighted by Crippen LogP contribution is 2.24. The van der Waals surface area contributed by atoms with Crippen LogP contribution in [0.4, 0.5) is 5.69 Å². The van der Waals surface area contributed by atoms with Crippen molar-refractivity contribution >= 4 is 15.7 Å². The summed E-state index contributed by atoms with van der Waals surface area (Å²) >= 11 is 0. The van der Waals surface area contributed by atoms with E-state index in [1.165, 1.54) is 0 Å². The third-order valence-corrected chi connectivity index (χ3v) is 4.94. The zero-order valence-corrected chi connectivity index (χ0v) is 13.3. The second-order valence-electron chi connectivity index (χ2n) is 5.14. The highest BCUT2D eigenvalue weighted by Gasteiger charge is 2.24. The fraction of sp³-hybridized carbons (Fsp3) is 0.357. The Kier molecular flexibility index (Phi) is 4.06. The molecule has 0 saturated heterocycles. The Hall–Kier alpha value is -1.86. The molecule has 0 spiro atoms. The van der Waals surface area contributed by atoms with Crippen molar-refractivity contribution in [3.63, 3.8) is 0 Å². The minimum Gasteiger partial charge on any atom is -0.444 e. The molecule has 6 nitrogen and oxygen atoms in total. The summed E-state index contributed by atoms with van der Waals surface area (Å²) in [6, 6.07) is 2.73. The van der Waals surface area contributed by atoms with E-state index in [4.69, 9.17) is 10.2 Å². The molecular formula is C14H19N3O3S.